The molecule has 0 amide bonds. The van der Waals surface area contributed by atoms with Crippen LogP contribution in [0.3, 0.4) is 0 Å². The summed E-state index contributed by atoms with van der Waals surface area (Å²) < 4.78 is 5.69. The molecule has 1 atom stereocenters. The zero-order valence-electron chi connectivity index (χ0n) is 13.1. The van der Waals surface area contributed by atoms with E-state index in [9.17, 15) is 9.59 Å². The number of H-pyrrole nitrogens is 1. The minimum atomic E-state index is -0.979. The second-order valence-electron chi connectivity index (χ2n) is 5.20. The molecule has 7 nitrogen and oxygen atoms in total. The van der Waals surface area contributed by atoms with Gasteiger partial charge in [0.1, 0.15) is 11.4 Å². The number of nitrogens with one attached hydrogen (secondary N) is 1. The molecule has 1 unspecified atom stereocenters. The van der Waals surface area contributed by atoms with Gasteiger partial charge in [-0.2, -0.15) is 0 Å². The third-order valence-corrected chi connectivity index (χ3v) is 3.38. The van der Waals surface area contributed by atoms with Gasteiger partial charge in [0.05, 0.1) is 12.5 Å². The molecule has 0 fully saturated rings. The lowest BCUT2D eigenvalue weighted by Crippen LogP contribution is -2.18. The third-order valence-electron chi connectivity index (χ3n) is 3.38. The number of aromatic amines is 1. The molecule has 0 saturated heterocycles. The molecule has 0 aliphatic heterocycles. The van der Waals surface area contributed by atoms with E-state index in [0.717, 1.165) is 12.2 Å². The Hall–Kier alpha value is -2.70. The van der Waals surface area contributed by atoms with Crippen molar-refractivity contribution in [3.8, 4) is 17.1 Å². The van der Waals surface area contributed by atoms with Crippen molar-refractivity contribution >= 4 is 5.97 Å². The van der Waals surface area contributed by atoms with Gasteiger partial charge in [0.2, 0.25) is 0 Å². The van der Waals surface area contributed by atoms with Gasteiger partial charge < -0.3 is 14.8 Å². The number of rotatable bonds is 7. The minimum Gasteiger partial charge on any atom is -0.491 e. The van der Waals surface area contributed by atoms with Crippen molar-refractivity contribution < 1.29 is 14.6 Å². The first-order chi connectivity index (χ1) is 11.0. The number of aryl methyl sites for hydroxylation is 1. The lowest BCUT2D eigenvalue weighted by molar-refractivity contribution is -0.136. The molecule has 0 aliphatic carbocycles. The third kappa shape index (κ3) is 4.64. The Bertz CT molecular complexity index is 725. The van der Waals surface area contributed by atoms with Crippen molar-refractivity contribution in [2.45, 2.75) is 39.2 Å². The summed E-state index contributed by atoms with van der Waals surface area (Å²) in [6.45, 7) is 4.04. The van der Waals surface area contributed by atoms with Gasteiger partial charge in [-0.15, -0.1) is 10.2 Å². The van der Waals surface area contributed by atoms with E-state index in [1.807, 2.05) is 13.8 Å². The minimum absolute atomic E-state index is 0.0552. The lowest BCUT2D eigenvalue weighted by atomic mass is 10.2. The van der Waals surface area contributed by atoms with Crippen molar-refractivity contribution in [2.75, 3.05) is 0 Å². The maximum atomic E-state index is 11.9. The average Bonchev–Trinajstić information content (AvgIpc) is 2.54. The highest BCUT2D eigenvalue weighted by molar-refractivity contribution is 5.66. The van der Waals surface area contributed by atoms with E-state index in [2.05, 4.69) is 15.2 Å². The quantitative estimate of drug-likeness (QED) is 0.809. The molecule has 0 saturated carbocycles. The van der Waals surface area contributed by atoms with Gasteiger partial charge >= 0.3 is 5.97 Å². The summed E-state index contributed by atoms with van der Waals surface area (Å²) in [7, 11) is 0. The second-order valence-corrected chi connectivity index (χ2v) is 5.20. The fourth-order valence-electron chi connectivity index (χ4n) is 1.89. The summed E-state index contributed by atoms with van der Waals surface area (Å²) in [5.74, 6) is 0.104. The molecule has 7 heteroatoms. The molecule has 0 bridgehead atoms. The monoisotopic (exact) mass is 317 g/mol. The largest absolute Gasteiger partial charge is 0.491 e. The zero-order chi connectivity index (χ0) is 16.8. The van der Waals surface area contributed by atoms with Crippen LogP contribution in [-0.4, -0.2) is 32.4 Å². The number of aromatic nitrogens is 3. The standard InChI is InChI=1S/C16H19N3O4/c1-3-10(2)23-12-6-4-11(5-7-12)15-17-16(22)13(18-19-15)8-9-14(20)21/h4-7,10H,3,8-9H2,1-2H3,(H,20,21)(H,17,19,22). The first-order valence-electron chi connectivity index (χ1n) is 7.44. The highest BCUT2D eigenvalue weighted by Gasteiger charge is 2.09. The van der Waals surface area contributed by atoms with E-state index in [0.29, 0.717) is 11.4 Å². The second kappa shape index (κ2) is 7.53. The molecular weight excluding hydrogens is 298 g/mol. The van der Waals surface area contributed by atoms with Crippen molar-refractivity contribution in [1.82, 2.24) is 15.2 Å². The molecular formula is C16H19N3O4. The molecule has 122 valence electrons. The highest BCUT2D eigenvalue weighted by atomic mass is 16.5. The number of aliphatic carboxylic acids is 1. The maximum absolute atomic E-state index is 11.9. The van der Waals surface area contributed by atoms with Gasteiger partial charge in [-0.25, -0.2) is 0 Å². The van der Waals surface area contributed by atoms with E-state index in [1.54, 1.807) is 24.3 Å². The summed E-state index contributed by atoms with van der Waals surface area (Å²) in [5.41, 5.74) is 0.403. The molecule has 1 heterocycles. The smallest absolute Gasteiger partial charge is 0.303 e. The van der Waals surface area contributed by atoms with Crippen molar-refractivity contribution in [3.63, 3.8) is 0 Å². The van der Waals surface area contributed by atoms with Crippen molar-refractivity contribution in [2.24, 2.45) is 0 Å². The van der Waals surface area contributed by atoms with Crippen molar-refractivity contribution in [1.29, 1.82) is 0 Å². The van der Waals surface area contributed by atoms with Gasteiger partial charge in [0.15, 0.2) is 5.82 Å². The number of carboxylic acid groups (broad SMARTS) is 1. The van der Waals surface area contributed by atoms with E-state index >= 15 is 0 Å². The van der Waals surface area contributed by atoms with Gasteiger partial charge in [-0.05, 0) is 37.6 Å². The molecule has 2 N–H and O–H groups in total. The van der Waals surface area contributed by atoms with E-state index in [-0.39, 0.29) is 24.6 Å². The molecule has 0 aliphatic rings. The molecule has 1 aromatic heterocycles. The summed E-state index contributed by atoms with van der Waals surface area (Å²) in [5, 5.41) is 16.4. The maximum Gasteiger partial charge on any atom is 0.303 e. The van der Waals surface area contributed by atoms with Gasteiger partial charge in [0.25, 0.3) is 5.56 Å². The predicted molar refractivity (Wildman–Crippen MR) is 84.4 cm³/mol. The van der Waals surface area contributed by atoms with Crippen LogP contribution < -0.4 is 10.3 Å². The number of benzene rings is 1. The average molecular weight is 317 g/mol. The van der Waals surface area contributed by atoms with E-state index < -0.39 is 11.5 Å². The number of hydrogen-bond acceptors (Lipinski definition) is 5. The summed E-state index contributed by atoms with van der Waals surface area (Å²) in [4.78, 5) is 25.1. The Morgan fingerprint density at radius 2 is 2.00 bits per heavy atom. The van der Waals surface area contributed by atoms with Gasteiger partial charge in [-0.1, -0.05) is 6.92 Å². The molecule has 0 spiro atoms. The predicted octanol–water partition coefficient (Wildman–Crippen LogP) is 2.03. The fourth-order valence-corrected chi connectivity index (χ4v) is 1.89. The Labute approximate surface area is 133 Å². The molecule has 1 aromatic carbocycles. The molecule has 2 rings (SSSR count). The van der Waals surface area contributed by atoms with Gasteiger partial charge in [0, 0.05) is 12.0 Å². The Morgan fingerprint density at radius 3 is 2.57 bits per heavy atom. The molecule has 23 heavy (non-hydrogen) atoms. The molecule has 0 radical (unpaired) electrons. The van der Waals surface area contributed by atoms with Crippen LogP contribution in [0.5, 0.6) is 5.75 Å². The number of ether oxygens (including phenoxy) is 1. The first-order valence-corrected chi connectivity index (χ1v) is 7.44. The Kier molecular flexibility index (Phi) is 5.46. The summed E-state index contributed by atoms with van der Waals surface area (Å²) >= 11 is 0. The van der Waals surface area contributed by atoms with E-state index in [1.165, 1.54) is 0 Å². The van der Waals surface area contributed by atoms with Crippen LogP contribution in [0.4, 0.5) is 0 Å². The Balaban J connectivity index is 2.14. The zero-order valence-corrected chi connectivity index (χ0v) is 13.1. The van der Waals surface area contributed by atoms with Crippen LogP contribution in [0.25, 0.3) is 11.4 Å². The summed E-state index contributed by atoms with van der Waals surface area (Å²) in [6, 6.07) is 7.18. The summed E-state index contributed by atoms with van der Waals surface area (Å²) in [6.07, 6.45) is 0.950. The van der Waals surface area contributed by atoms with Crippen LogP contribution in [0.2, 0.25) is 0 Å². The normalized spacial score (nSPS) is 11.9. The Morgan fingerprint density at radius 1 is 1.30 bits per heavy atom. The van der Waals surface area contributed by atoms with Gasteiger partial charge in [-0.3, -0.25) is 9.59 Å². The lowest BCUT2D eigenvalue weighted by Gasteiger charge is -2.12. The first kappa shape index (κ1) is 16.7. The van der Waals surface area contributed by atoms with Crippen LogP contribution in [-0.2, 0) is 11.2 Å². The van der Waals surface area contributed by atoms with Crippen LogP contribution in [0.15, 0.2) is 29.1 Å². The number of nitrogens with zero attached hydrogens (tertiary/aromatic N) is 2. The van der Waals surface area contributed by atoms with E-state index in [4.69, 9.17) is 9.84 Å². The number of hydrogen-bond donors (Lipinski definition) is 2. The van der Waals surface area contributed by atoms with Crippen LogP contribution in [0, 0.1) is 0 Å². The van der Waals surface area contributed by atoms with Crippen molar-refractivity contribution in [3.05, 3.63) is 40.3 Å². The van der Waals surface area contributed by atoms with Crippen LogP contribution >= 0.6 is 0 Å². The number of carbonyl (C=O) groups is 1. The fraction of sp³-hybridized carbons (Fsp3) is 0.375. The highest BCUT2D eigenvalue weighted by Crippen LogP contribution is 2.19. The number of carboxylic acids is 1. The molecule has 2 aromatic rings. The SMILES string of the molecule is CCC(C)Oc1ccc(-c2nnc(CCC(=O)O)c(=O)[nH]2)cc1. The van der Waals surface area contributed by atoms with Crippen LogP contribution in [0.1, 0.15) is 32.4 Å². The topological polar surface area (TPSA) is 105 Å².